The van der Waals surface area contributed by atoms with Crippen LogP contribution in [0.3, 0.4) is 0 Å². The highest BCUT2D eigenvalue weighted by Gasteiger charge is 2.03. The van der Waals surface area contributed by atoms with E-state index in [1.807, 2.05) is 12.1 Å². The van der Waals surface area contributed by atoms with Crippen LogP contribution >= 0.6 is 15.9 Å². The summed E-state index contributed by atoms with van der Waals surface area (Å²) < 4.78 is 5.41. The zero-order valence-corrected chi connectivity index (χ0v) is 11.1. The number of methoxy groups -OCH3 is 1. The molecule has 0 aromatic heterocycles. The SMILES string of the molecule is COC(=O)CCCNc1ccc(Br)cc1C#N. The lowest BCUT2D eigenvalue weighted by molar-refractivity contribution is -0.140. The Hall–Kier alpha value is -1.54. The first-order valence-electron chi connectivity index (χ1n) is 5.17. The Kier molecular flexibility index (Phi) is 5.50. The van der Waals surface area contributed by atoms with E-state index in [0.717, 1.165) is 10.2 Å². The molecule has 0 amide bonds. The largest absolute Gasteiger partial charge is 0.469 e. The van der Waals surface area contributed by atoms with Gasteiger partial charge in [-0.3, -0.25) is 4.79 Å². The van der Waals surface area contributed by atoms with Gasteiger partial charge in [0.2, 0.25) is 0 Å². The summed E-state index contributed by atoms with van der Waals surface area (Å²) in [6, 6.07) is 7.56. The third kappa shape index (κ3) is 4.45. The third-order valence-electron chi connectivity index (χ3n) is 2.20. The molecule has 0 saturated heterocycles. The van der Waals surface area contributed by atoms with E-state index in [1.165, 1.54) is 7.11 Å². The van der Waals surface area contributed by atoms with Crippen LogP contribution in [0.25, 0.3) is 0 Å². The molecular formula is C12H13BrN2O2. The van der Waals surface area contributed by atoms with Gasteiger partial charge in [0.1, 0.15) is 6.07 Å². The van der Waals surface area contributed by atoms with Crippen molar-refractivity contribution in [1.29, 1.82) is 5.26 Å². The van der Waals surface area contributed by atoms with Crippen molar-refractivity contribution in [2.75, 3.05) is 19.0 Å². The van der Waals surface area contributed by atoms with Gasteiger partial charge in [-0.05, 0) is 24.6 Å². The van der Waals surface area contributed by atoms with Crippen molar-refractivity contribution in [3.05, 3.63) is 28.2 Å². The van der Waals surface area contributed by atoms with E-state index in [2.05, 4.69) is 32.1 Å². The number of halogens is 1. The van der Waals surface area contributed by atoms with Crippen LogP contribution in [0.4, 0.5) is 5.69 Å². The van der Waals surface area contributed by atoms with E-state index < -0.39 is 0 Å². The Balaban J connectivity index is 2.47. The molecule has 0 aliphatic carbocycles. The molecule has 0 bridgehead atoms. The minimum absolute atomic E-state index is 0.219. The lowest BCUT2D eigenvalue weighted by Crippen LogP contribution is -2.07. The topological polar surface area (TPSA) is 62.1 Å². The molecule has 0 unspecified atom stereocenters. The molecule has 1 N–H and O–H groups in total. The molecule has 90 valence electrons. The smallest absolute Gasteiger partial charge is 0.305 e. The van der Waals surface area contributed by atoms with Crippen molar-refractivity contribution < 1.29 is 9.53 Å². The van der Waals surface area contributed by atoms with Crippen molar-refractivity contribution in [3.8, 4) is 6.07 Å². The summed E-state index contributed by atoms with van der Waals surface area (Å²) >= 11 is 3.31. The van der Waals surface area contributed by atoms with Gasteiger partial charge in [-0.25, -0.2) is 0 Å². The second kappa shape index (κ2) is 6.92. The standard InChI is InChI=1S/C12H13BrN2O2/c1-17-12(16)3-2-6-15-11-5-4-10(13)7-9(11)8-14/h4-5,7,15H,2-3,6H2,1H3. The van der Waals surface area contributed by atoms with E-state index in [1.54, 1.807) is 6.07 Å². The van der Waals surface area contributed by atoms with Crippen molar-refractivity contribution >= 4 is 27.6 Å². The van der Waals surface area contributed by atoms with Gasteiger partial charge in [0.25, 0.3) is 0 Å². The van der Waals surface area contributed by atoms with Gasteiger partial charge in [0, 0.05) is 17.4 Å². The first-order valence-corrected chi connectivity index (χ1v) is 5.97. The molecule has 17 heavy (non-hydrogen) atoms. The van der Waals surface area contributed by atoms with Gasteiger partial charge in [0.15, 0.2) is 0 Å². The molecule has 1 aromatic carbocycles. The van der Waals surface area contributed by atoms with Gasteiger partial charge >= 0.3 is 5.97 Å². The number of carbonyl (C=O) groups is 1. The number of rotatable bonds is 5. The molecule has 0 aliphatic rings. The van der Waals surface area contributed by atoms with E-state index in [9.17, 15) is 4.79 Å². The highest BCUT2D eigenvalue weighted by Crippen LogP contribution is 2.20. The number of nitriles is 1. The van der Waals surface area contributed by atoms with Crippen LogP contribution in [-0.2, 0) is 9.53 Å². The number of nitrogens with zero attached hydrogens (tertiary/aromatic N) is 1. The number of carbonyl (C=O) groups excluding carboxylic acids is 1. The van der Waals surface area contributed by atoms with Crippen LogP contribution in [0.5, 0.6) is 0 Å². The molecular weight excluding hydrogens is 284 g/mol. The Bertz CT molecular complexity index is 441. The van der Waals surface area contributed by atoms with Crippen molar-refractivity contribution in [3.63, 3.8) is 0 Å². The lowest BCUT2D eigenvalue weighted by Gasteiger charge is -2.07. The van der Waals surface area contributed by atoms with Crippen LogP contribution in [-0.4, -0.2) is 19.6 Å². The molecule has 0 atom stereocenters. The van der Waals surface area contributed by atoms with Crippen LogP contribution in [0.1, 0.15) is 18.4 Å². The summed E-state index contributed by atoms with van der Waals surface area (Å²) in [5.41, 5.74) is 1.36. The lowest BCUT2D eigenvalue weighted by atomic mass is 10.2. The third-order valence-corrected chi connectivity index (χ3v) is 2.70. The van der Waals surface area contributed by atoms with E-state index >= 15 is 0 Å². The highest BCUT2D eigenvalue weighted by atomic mass is 79.9. The molecule has 0 radical (unpaired) electrons. The van der Waals surface area contributed by atoms with Crippen molar-refractivity contribution in [2.45, 2.75) is 12.8 Å². The molecule has 4 nitrogen and oxygen atoms in total. The maximum Gasteiger partial charge on any atom is 0.305 e. The Morgan fingerprint density at radius 1 is 1.59 bits per heavy atom. The monoisotopic (exact) mass is 296 g/mol. The summed E-state index contributed by atoms with van der Waals surface area (Å²) in [6.45, 7) is 0.630. The van der Waals surface area contributed by atoms with Gasteiger partial charge in [-0.15, -0.1) is 0 Å². The van der Waals surface area contributed by atoms with Gasteiger partial charge in [0.05, 0.1) is 18.4 Å². The summed E-state index contributed by atoms with van der Waals surface area (Å²) in [5.74, 6) is -0.219. The number of ether oxygens (including phenoxy) is 1. The maximum atomic E-state index is 10.9. The number of anilines is 1. The number of esters is 1. The molecule has 5 heteroatoms. The van der Waals surface area contributed by atoms with Gasteiger partial charge in [-0.1, -0.05) is 15.9 Å². The highest BCUT2D eigenvalue weighted by molar-refractivity contribution is 9.10. The fourth-order valence-corrected chi connectivity index (χ4v) is 1.68. The van der Waals surface area contributed by atoms with E-state index in [0.29, 0.717) is 24.9 Å². The summed E-state index contributed by atoms with van der Waals surface area (Å²) in [5, 5.41) is 12.1. The van der Waals surface area contributed by atoms with Crippen LogP contribution < -0.4 is 5.32 Å². The average molecular weight is 297 g/mol. The number of benzene rings is 1. The predicted octanol–water partition coefficient (Wildman–Crippen LogP) is 2.69. The van der Waals surface area contributed by atoms with Crippen LogP contribution in [0.15, 0.2) is 22.7 Å². The zero-order chi connectivity index (χ0) is 12.7. The Labute approximate surface area is 109 Å². The second-order valence-electron chi connectivity index (χ2n) is 3.41. The molecule has 0 heterocycles. The molecule has 0 aliphatic heterocycles. The molecule has 0 saturated carbocycles. The van der Waals surface area contributed by atoms with Crippen molar-refractivity contribution in [2.24, 2.45) is 0 Å². The number of hydrogen-bond acceptors (Lipinski definition) is 4. The van der Waals surface area contributed by atoms with Gasteiger partial charge < -0.3 is 10.1 Å². The Morgan fingerprint density at radius 2 is 2.35 bits per heavy atom. The second-order valence-corrected chi connectivity index (χ2v) is 4.32. The summed E-state index contributed by atoms with van der Waals surface area (Å²) in [7, 11) is 1.37. The molecule has 0 fully saturated rings. The molecule has 1 rings (SSSR count). The normalized spacial score (nSPS) is 9.47. The fourth-order valence-electron chi connectivity index (χ4n) is 1.32. The maximum absolute atomic E-state index is 10.9. The summed E-state index contributed by atoms with van der Waals surface area (Å²) in [6.07, 6.45) is 1.05. The number of nitrogens with one attached hydrogen (secondary N) is 1. The van der Waals surface area contributed by atoms with Crippen LogP contribution in [0.2, 0.25) is 0 Å². The first-order chi connectivity index (χ1) is 8.17. The van der Waals surface area contributed by atoms with E-state index in [-0.39, 0.29) is 5.97 Å². The first kappa shape index (κ1) is 13.5. The quantitative estimate of drug-likeness (QED) is 0.670. The Morgan fingerprint density at radius 3 is 3.00 bits per heavy atom. The van der Waals surface area contributed by atoms with E-state index in [4.69, 9.17) is 5.26 Å². The minimum atomic E-state index is -0.219. The van der Waals surface area contributed by atoms with Crippen molar-refractivity contribution in [1.82, 2.24) is 0 Å². The average Bonchev–Trinajstić information content (AvgIpc) is 2.35. The molecule has 0 spiro atoms. The predicted molar refractivity (Wildman–Crippen MR) is 68.6 cm³/mol. The molecule has 1 aromatic rings. The minimum Gasteiger partial charge on any atom is -0.469 e. The van der Waals surface area contributed by atoms with Crippen LogP contribution in [0, 0.1) is 11.3 Å². The summed E-state index contributed by atoms with van der Waals surface area (Å²) in [4.78, 5) is 10.9. The fraction of sp³-hybridized carbons (Fsp3) is 0.333. The van der Waals surface area contributed by atoms with Gasteiger partial charge in [-0.2, -0.15) is 5.26 Å². The number of hydrogen-bond donors (Lipinski definition) is 1. The zero-order valence-electron chi connectivity index (χ0n) is 9.50.